The molecule has 0 radical (unpaired) electrons. The molecule has 1 aliphatic heterocycles. The lowest BCUT2D eigenvalue weighted by atomic mass is 10.1. The Hall–Kier alpha value is -2.75. The van der Waals surface area contributed by atoms with Crippen LogP contribution in [0.2, 0.25) is 4.34 Å². The number of anilines is 2. The number of carbonyl (C=O) groups excluding carboxylic acids is 1. The standard InChI is InChI=1S/C23H24ClN3O4S2/c1-2-31-20-10-6-5-9-19(20)26-13-15-27(16-14-26)23(28)17-7-3-4-8-18(17)25-33(29,30)22-12-11-21(24)32-22/h3-12,25H,2,13-16H2,1H3. The smallest absolute Gasteiger partial charge is 0.271 e. The minimum Gasteiger partial charge on any atom is -0.492 e. The van der Waals surface area contributed by atoms with Crippen molar-refractivity contribution in [2.75, 3.05) is 42.4 Å². The van der Waals surface area contributed by atoms with Gasteiger partial charge in [-0.3, -0.25) is 9.52 Å². The van der Waals surface area contributed by atoms with Gasteiger partial charge in [-0.05, 0) is 43.3 Å². The summed E-state index contributed by atoms with van der Waals surface area (Å²) in [4.78, 5) is 17.2. The van der Waals surface area contributed by atoms with Crippen LogP contribution in [0.3, 0.4) is 0 Å². The summed E-state index contributed by atoms with van der Waals surface area (Å²) >= 11 is 6.85. The molecule has 1 aromatic heterocycles. The molecule has 4 rings (SSSR count). The third kappa shape index (κ3) is 5.26. The van der Waals surface area contributed by atoms with Gasteiger partial charge in [-0.1, -0.05) is 35.9 Å². The van der Waals surface area contributed by atoms with Crippen LogP contribution in [0, 0.1) is 0 Å². The first-order valence-corrected chi connectivity index (χ1v) is 13.2. The summed E-state index contributed by atoms with van der Waals surface area (Å²) < 4.78 is 34.2. The van der Waals surface area contributed by atoms with Crippen LogP contribution in [0.4, 0.5) is 11.4 Å². The summed E-state index contributed by atoms with van der Waals surface area (Å²) in [6, 6.07) is 17.5. The number of nitrogens with zero attached hydrogens (tertiary/aromatic N) is 2. The van der Waals surface area contributed by atoms with E-state index in [1.54, 1.807) is 29.2 Å². The molecule has 1 fully saturated rings. The fourth-order valence-corrected chi connectivity index (χ4v) is 6.27. The SMILES string of the molecule is CCOc1ccccc1N1CCN(C(=O)c2ccccc2NS(=O)(=O)c2ccc(Cl)s2)CC1. The number of halogens is 1. The van der Waals surface area contributed by atoms with Crippen molar-refractivity contribution in [2.24, 2.45) is 0 Å². The Bertz CT molecular complexity index is 1240. The number of amides is 1. The van der Waals surface area contributed by atoms with Crippen molar-refractivity contribution in [1.29, 1.82) is 0 Å². The topological polar surface area (TPSA) is 79.0 Å². The molecule has 3 aromatic rings. The maximum Gasteiger partial charge on any atom is 0.271 e. The molecule has 174 valence electrons. The summed E-state index contributed by atoms with van der Waals surface area (Å²) in [5.74, 6) is 0.614. The highest BCUT2D eigenvalue weighted by Crippen LogP contribution is 2.30. The number of carbonyl (C=O) groups is 1. The van der Waals surface area contributed by atoms with Gasteiger partial charge in [0.25, 0.3) is 15.9 Å². The number of rotatable bonds is 7. The quantitative estimate of drug-likeness (QED) is 0.509. The number of hydrogen-bond acceptors (Lipinski definition) is 6. The zero-order chi connectivity index (χ0) is 23.4. The molecular weight excluding hydrogens is 482 g/mol. The number of ether oxygens (including phenoxy) is 1. The van der Waals surface area contributed by atoms with E-state index in [9.17, 15) is 13.2 Å². The fraction of sp³-hybridized carbons (Fsp3) is 0.261. The largest absolute Gasteiger partial charge is 0.492 e. The van der Waals surface area contributed by atoms with Crippen molar-refractivity contribution in [3.05, 3.63) is 70.6 Å². The Morgan fingerprint density at radius 3 is 2.42 bits per heavy atom. The van der Waals surface area contributed by atoms with Crippen LogP contribution < -0.4 is 14.4 Å². The number of piperazine rings is 1. The monoisotopic (exact) mass is 505 g/mol. The van der Waals surface area contributed by atoms with Crippen LogP contribution in [0.15, 0.2) is 64.9 Å². The van der Waals surface area contributed by atoms with Crippen LogP contribution in [-0.4, -0.2) is 52.0 Å². The zero-order valence-corrected chi connectivity index (χ0v) is 20.4. The Balaban J connectivity index is 1.48. The Morgan fingerprint density at radius 2 is 1.73 bits per heavy atom. The molecule has 1 saturated heterocycles. The lowest BCUT2D eigenvalue weighted by Crippen LogP contribution is -2.49. The predicted octanol–water partition coefficient (Wildman–Crippen LogP) is 4.56. The van der Waals surface area contributed by atoms with Crippen LogP contribution in [0.1, 0.15) is 17.3 Å². The minimum atomic E-state index is -3.84. The molecule has 0 atom stereocenters. The molecule has 33 heavy (non-hydrogen) atoms. The Kier molecular flexibility index (Phi) is 7.11. The maximum atomic E-state index is 13.3. The summed E-state index contributed by atoms with van der Waals surface area (Å²) in [5, 5.41) is 0. The molecule has 0 aliphatic carbocycles. The molecule has 2 heterocycles. The first-order chi connectivity index (χ1) is 15.9. The van der Waals surface area contributed by atoms with Crippen LogP contribution >= 0.6 is 22.9 Å². The van der Waals surface area contributed by atoms with Crippen LogP contribution in [-0.2, 0) is 10.0 Å². The maximum absolute atomic E-state index is 13.3. The second-order valence-electron chi connectivity index (χ2n) is 7.39. The van der Waals surface area contributed by atoms with E-state index in [0.717, 1.165) is 22.8 Å². The highest BCUT2D eigenvalue weighted by atomic mass is 35.5. The fourth-order valence-electron chi connectivity index (χ4n) is 3.71. The Labute approximate surface area is 202 Å². The van der Waals surface area contributed by atoms with E-state index >= 15 is 0 Å². The first-order valence-electron chi connectivity index (χ1n) is 10.5. The molecule has 1 amide bonds. The summed E-state index contributed by atoms with van der Waals surface area (Å²) in [6.07, 6.45) is 0. The van der Waals surface area contributed by atoms with E-state index in [4.69, 9.17) is 16.3 Å². The molecule has 1 aliphatic rings. The van der Waals surface area contributed by atoms with Crippen molar-refractivity contribution < 1.29 is 17.9 Å². The molecule has 7 nitrogen and oxygen atoms in total. The van der Waals surface area contributed by atoms with Gasteiger partial charge in [0, 0.05) is 26.2 Å². The number of thiophene rings is 1. The number of nitrogens with one attached hydrogen (secondary N) is 1. The molecule has 0 saturated carbocycles. The lowest BCUT2D eigenvalue weighted by molar-refractivity contribution is 0.0747. The minimum absolute atomic E-state index is 0.0938. The van der Waals surface area contributed by atoms with Gasteiger partial charge >= 0.3 is 0 Å². The predicted molar refractivity (Wildman–Crippen MR) is 132 cm³/mol. The van der Waals surface area contributed by atoms with Crippen molar-refractivity contribution in [3.8, 4) is 5.75 Å². The van der Waals surface area contributed by atoms with Crippen LogP contribution in [0.25, 0.3) is 0 Å². The van der Waals surface area contributed by atoms with Crippen molar-refractivity contribution in [3.63, 3.8) is 0 Å². The van der Waals surface area contributed by atoms with E-state index in [2.05, 4.69) is 9.62 Å². The van der Waals surface area contributed by atoms with Crippen molar-refractivity contribution >= 4 is 50.2 Å². The van der Waals surface area contributed by atoms with Crippen molar-refractivity contribution in [1.82, 2.24) is 4.90 Å². The zero-order valence-electron chi connectivity index (χ0n) is 18.0. The van der Waals surface area contributed by atoms with Gasteiger partial charge in [0.2, 0.25) is 0 Å². The molecule has 0 bridgehead atoms. The van der Waals surface area contributed by atoms with Gasteiger partial charge in [-0.25, -0.2) is 8.42 Å². The van der Waals surface area contributed by atoms with Crippen LogP contribution in [0.5, 0.6) is 5.75 Å². The molecule has 0 spiro atoms. The van der Waals surface area contributed by atoms with E-state index in [0.29, 0.717) is 42.7 Å². The highest BCUT2D eigenvalue weighted by Gasteiger charge is 2.26. The second kappa shape index (κ2) is 10.0. The highest BCUT2D eigenvalue weighted by molar-refractivity contribution is 7.94. The average molecular weight is 506 g/mol. The van der Waals surface area contributed by atoms with E-state index in [-0.39, 0.29) is 15.8 Å². The molecular formula is C23H24ClN3O4S2. The lowest BCUT2D eigenvalue weighted by Gasteiger charge is -2.37. The molecule has 10 heteroatoms. The van der Waals surface area contributed by atoms with Gasteiger partial charge in [-0.15, -0.1) is 11.3 Å². The number of benzene rings is 2. The Morgan fingerprint density at radius 1 is 1.03 bits per heavy atom. The second-order valence-corrected chi connectivity index (χ2v) is 11.0. The number of sulfonamides is 1. The van der Waals surface area contributed by atoms with E-state index < -0.39 is 10.0 Å². The third-order valence-electron chi connectivity index (χ3n) is 5.29. The summed E-state index contributed by atoms with van der Waals surface area (Å²) in [6.45, 7) is 4.86. The van der Waals surface area contributed by atoms with Crippen molar-refractivity contribution in [2.45, 2.75) is 11.1 Å². The summed E-state index contributed by atoms with van der Waals surface area (Å²) in [7, 11) is -3.84. The molecule has 1 N–H and O–H groups in total. The van der Waals surface area contributed by atoms with E-state index in [1.165, 1.54) is 12.1 Å². The average Bonchev–Trinajstić information content (AvgIpc) is 3.27. The molecule has 0 unspecified atom stereocenters. The van der Waals surface area contributed by atoms with E-state index in [1.807, 2.05) is 31.2 Å². The number of hydrogen-bond donors (Lipinski definition) is 1. The third-order valence-corrected chi connectivity index (χ3v) is 8.38. The summed E-state index contributed by atoms with van der Waals surface area (Å²) in [5.41, 5.74) is 1.57. The van der Waals surface area contributed by atoms with Gasteiger partial charge in [0.1, 0.15) is 9.96 Å². The first kappa shape index (κ1) is 23.4. The van der Waals surface area contributed by atoms with Gasteiger partial charge in [0.05, 0.1) is 27.9 Å². The van der Waals surface area contributed by atoms with Gasteiger partial charge < -0.3 is 14.5 Å². The molecule has 2 aromatic carbocycles. The number of para-hydroxylation sites is 3. The van der Waals surface area contributed by atoms with Gasteiger partial charge in [0.15, 0.2) is 0 Å². The normalized spacial score (nSPS) is 14.2. The van der Waals surface area contributed by atoms with Gasteiger partial charge in [-0.2, -0.15) is 0 Å².